The number of guanidine groups is 1. The third-order valence-corrected chi connectivity index (χ3v) is 3.09. The van der Waals surface area contributed by atoms with Crippen LogP contribution in [0.15, 0.2) is 23.3 Å². The van der Waals surface area contributed by atoms with Gasteiger partial charge in [-0.2, -0.15) is 0 Å². The highest BCUT2D eigenvalue weighted by molar-refractivity contribution is 14.0. The second-order valence-electron chi connectivity index (χ2n) is 4.99. The monoisotopic (exact) mass is 421 g/mol. The molecule has 0 saturated carbocycles. The molecule has 0 unspecified atom stereocenters. The smallest absolute Gasteiger partial charge is 0.241 e. The van der Waals surface area contributed by atoms with Crippen LogP contribution in [-0.4, -0.2) is 48.0 Å². The Hall–Kier alpha value is -1.25. The molecule has 0 radical (unpaired) electrons. The summed E-state index contributed by atoms with van der Waals surface area (Å²) in [5.74, 6) is 0.699. The van der Waals surface area contributed by atoms with Crippen LogP contribution < -0.4 is 10.6 Å². The van der Waals surface area contributed by atoms with Crippen molar-refractivity contribution < 1.29 is 4.79 Å². The number of aromatic nitrogens is 1. The van der Waals surface area contributed by atoms with Gasteiger partial charge in [0.25, 0.3) is 0 Å². The fraction of sp³-hybridized carbons (Fsp3) is 0.600. The second-order valence-corrected chi connectivity index (χ2v) is 4.99. The van der Waals surface area contributed by atoms with Crippen LogP contribution in [0.5, 0.6) is 0 Å². The Morgan fingerprint density at radius 3 is 2.64 bits per heavy atom. The molecule has 0 aliphatic rings. The lowest BCUT2D eigenvalue weighted by atomic mass is 10.4. The molecule has 0 saturated heterocycles. The van der Waals surface area contributed by atoms with Crippen molar-refractivity contribution in [2.75, 3.05) is 26.7 Å². The van der Waals surface area contributed by atoms with Gasteiger partial charge in [-0.1, -0.05) is 6.92 Å². The third kappa shape index (κ3) is 7.15. The molecule has 0 bridgehead atoms. The fourth-order valence-corrected chi connectivity index (χ4v) is 1.92. The van der Waals surface area contributed by atoms with Gasteiger partial charge in [0.05, 0.1) is 6.54 Å². The summed E-state index contributed by atoms with van der Waals surface area (Å²) in [5.41, 5.74) is 1.19. The lowest BCUT2D eigenvalue weighted by Crippen LogP contribution is -2.39. The van der Waals surface area contributed by atoms with E-state index in [4.69, 9.17) is 0 Å². The van der Waals surface area contributed by atoms with Gasteiger partial charge in [0.15, 0.2) is 5.96 Å². The molecule has 0 aromatic carbocycles. The molecule has 1 amide bonds. The van der Waals surface area contributed by atoms with Crippen LogP contribution in [0.25, 0.3) is 0 Å². The highest BCUT2D eigenvalue weighted by Gasteiger charge is 2.09. The maximum Gasteiger partial charge on any atom is 0.241 e. The number of nitrogens with one attached hydrogen (secondary N) is 2. The summed E-state index contributed by atoms with van der Waals surface area (Å²) >= 11 is 0. The third-order valence-electron chi connectivity index (χ3n) is 3.09. The number of amides is 1. The Kier molecular flexibility index (Phi) is 10.7. The van der Waals surface area contributed by atoms with Crippen LogP contribution in [-0.2, 0) is 18.4 Å². The Labute approximate surface area is 150 Å². The number of carbonyl (C=O) groups is 1. The van der Waals surface area contributed by atoms with E-state index >= 15 is 0 Å². The van der Waals surface area contributed by atoms with Crippen LogP contribution in [0.1, 0.15) is 26.0 Å². The molecular formula is C15H28IN5O. The number of hydrogen-bond acceptors (Lipinski definition) is 2. The fourth-order valence-electron chi connectivity index (χ4n) is 1.92. The van der Waals surface area contributed by atoms with Crippen molar-refractivity contribution in [3.05, 3.63) is 24.0 Å². The predicted octanol–water partition coefficient (Wildman–Crippen LogP) is 1.57. The number of hydrogen-bond donors (Lipinski definition) is 2. The van der Waals surface area contributed by atoms with Gasteiger partial charge in [-0.25, -0.2) is 4.99 Å². The number of rotatable bonds is 7. The summed E-state index contributed by atoms with van der Waals surface area (Å²) in [6.45, 7) is 6.41. The average molecular weight is 421 g/mol. The van der Waals surface area contributed by atoms with Gasteiger partial charge in [0, 0.05) is 39.1 Å². The van der Waals surface area contributed by atoms with Gasteiger partial charge < -0.3 is 20.1 Å². The summed E-state index contributed by atoms with van der Waals surface area (Å²) in [7, 11) is 3.99. The lowest BCUT2D eigenvalue weighted by molar-refractivity contribution is -0.119. The van der Waals surface area contributed by atoms with Crippen LogP contribution >= 0.6 is 24.0 Å². The standard InChI is InChI=1S/C15H27N5O.HI/c1-5-9-17-14(21)11-18-15(16-6-2)20(4)12-13-8-7-10-19(13)3;/h7-8,10H,5-6,9,11-12H2,1-4H3,(H,16,18)(H,17,21);1H. The van der Waals surface area contributed by atoms with Gasteiger partial charge in [-0.3, -0.25) is 4.79 Å². The van der Waals surface area contributed by atoms with E-state index in [1.54, 1.807) is 0 Å². The molecule has 7 heteroatoms. The summed E-state index contributed by atoms with van der Waals surface area (Å²) in [4.78, 5) is 18.0. The van der Waals surface area contributed by atoms with Gasteiger partial charge in [0.1, 0.15) is 6.54 Å². The maximum atomic E-state index is 11.6. The van der Waals surface area contributed by atoms with E-state index in [9.17, 15) is 4.79 Å². The minimum atomic E-state index is -0.0421. The molecule has 22 heavy (non-hydrogen) atoms. The van der Waals surface area contributed by atoms with Crippen LogP contribution in [0, 0.1) is 0 Å². The number of nitrogens with zero attached hydrogens (tertiary/aromatic N) is 3. The van der Waals surface area contributed by atoms with Crippen molar-refractivity contribution in [2.24, 2.45) is 12.0 Å². The van der Waals surface area contributed by atoms with Gasteiger partial charge in [-0.15, -0.1) is 24.0 Å². The number of carbonyl (C=O) groups excluding carboxylic acids is 1. The number of halogens is 1. The quantitative estimate of drug-likeness (QED) is 0.399. The van der Waals surface area contributed by atoms with Crippen molar-refractivity contribution in [3.63, 3.8) is 0 Å². The number of aliphatic imine (C=N–C) groups is 1. The molecule has 1 rings (SSSR count). The van der Waals surface area contributed by atoms with E-state index in [0.717, 1.165) is 25.5 Å². The van der Waals surface area contributed by atoms with Crippen molar-refractivity contribution in [2.45, 2.75) is 26.8 Å². The van der Waals surface area contributed by atoms with Gasteiger partial charge in [-0.05, 0) is 25.5 Å². The van der Waals surface area contributed by atoms with Crippen molar-refractivity contribution >= 4 is 35.8 Å². The minimum absolute atomic E-state index is 0. The summed E-state index contributed by atoms with van der Waals surface area (Å²) < 4.78 is 2.08. The molecule has 0 fully saturated rings. The van der Waals surface area contributed by atoms with E-state index in [1.165, 1.54) is 5.69 Å². The number of aryl methyl sites for hydroxylation is 1. The summed E-state index contributed by atoms with van der Waals surface area (Å²) in [5, 5.41) is 6.04. The first-order valence-corrected chi connectivity index (χ1v) is 7.44. The zero-order valence-corrected chi connectivity index (χ0v) is 16.3. The van der Waals surface area contributed by atoms with Gasteiger partial charge in [0.2, 0.25) is 5.91 Å². The Bertz CT molecular complexity index is 472. The molecular weight excluding hydrogens is 393 g/mol. The van der Waals surface area contributed by atoms with E-state index in [0.29, 0.717) is 6.54 Å². The largest absolute Gasteiger partial charge is 0.357 e. The molecule has 0 aliphatic heterocycles. The van der Waals surface area contributed by atoms with Crippen molar-refractivity contribution in [1.82, 2.24) is 20.1 Å². The van der Waals surface area contributed by atoms with Gasteiger partial charge >= 0.3 is 0 Å². The highest BCUT2D eigenvalue weighted by Crippen LogP contribution is 2.03. The highest BCUT2D eigenvalue weighted by atomic mass is 127. The normalized spacial score (nSPS) is 10.8. The van der Waals surface area contributed by atoms with E-state index < -0.39 is 0 Å². The maximum absolute atomic E-state index is 11.6. The molecule has 2 N–H and O–H groups in total. The molecule has 0 spiro atoms. The first kappa shape index (κ1) is 20.8. The Balaban J connectivity index is 0.00000441. The molecule has 6 nitrogen and oxygen atoms in total. The Morgan fingerprint density at radius 2 is 2.09 bits per heavy atom. The predicted molar refractivity (Wildman–Crippen MR) is 102 cm³/mol. The summed E-state index contributed by atoms with van der Waals surface area (Å²) in [6, 6.07) is 4.10. The molecule has 0 atom stereocenters. The first-order chi connectivity index (χ1) is 10.1. The summed E-state index contributed by atoms with van der Waals surface area (Å²) in [6.07, 6.45) is 2.95. The zero-order chi connectivity index (χ0) is 15.7. The SMILES string of the molecule is CCCNC(=O)CN=C(NCC)N(C)Cc1cccn1C.I. The van der Waals surface area contributed by atoms with Crippen molar-refractivity contribution in [1.29, 1.82) is 0 Å². The van der Waals surface area contributed by atoms with E-state index in [-0.39, 0.29) is 36.4 Å². The van der Waals surface area contributed by atoms with E-state index in [2.05, 4.69) is 26.3 Å². The molecule has 1 aromatic rings. The zero-order valence-electron chi connectivity index (χ0n) is 13.9. The Morgan fingerprint density at radius 1 is 1.36 bits per heavy atom. The van der Waals surface area contributed by atoms with Crippen molar-refractivity contribution in [3.8, 4) is 0 Å². The minimum Gasteiger partial charge on any atom is -0.357 e. The van der Waals surface area contributed by atoms with Crippen LogP contribution in [0.3, 0.4) is 0 Å². The second kappa shape index (κ2) is 11.3. The molecule has 1 heterocycles. The average Bonchev–Trinajstić information content (AvgIpc) is 2.86. The molecule has 126 valence electrons. The van der Waals surface area contributed by atoms with Crippen LogP contribution in [0.2, 0.25) is 0 Å². The molecule has 0 aliphatic carbocycles. The topological polar surface area (TPSA) is 61.7 Å². The lowest BCUT2D eigenvalue weighted by Gasteiger charge is -2.22. The van der Waals surface area contributed by atoms with E-state index in [1.807, 2.05) is 45.1 Å². The molecule has 1 aromatic heterocycles. The van der Waals surface area contributed by atoms with Crippen LogP contribution in [0.4, 0.5) is 0 Å². The first-order valence-electron chi connectivity index (χ1n) is 7.44.